The molecule has 1 N–H and O–H groups in total. The maximum absolute atomic E-state index is 12.4. The number of carbonyl (C=O) groups excluding carboxylic acids is 1. The van der Waals surface area contributed by atoms with Gasteiger partial charge in [-0.2, -0.15) is 0 Å². The van der Waals surface area contributed by atoms with E-state index in [1.54, 1.807) is 18.5 Å². The fourth-order valence-electron chi connectivity index (χ4n) is 4.11. The zero-order valence-corrected chi connectivity index (χ0v) is 18.9. The third-order valence-electron chi connectivity index (χ3n) is 5.99. The highest BCUT2D eigenvalue weighted by atomic mass is 16.6. The van der Waals surface area contributed by atoms with E-state index in [4.69, 9.17) is 0 Å². The van der Waals surface area contributed by atoms with Crippen LogP contribution in [-0.4, -0.2) is 67.5 Å². The van der Waals surface area contributed by atoms with Crippen LogP contribution in [0.1, 0.15) is 5.56 Å². The molecule has 9 heteroatoms. The van der Waals surface area contributed by atoms with E-state index in [9.17, 15) is 14.9 Å². The number of hydrogen-bond acceptors (Lipinski definition) is 7. The molecule has 2 heterocycles. The molecule has 33 heavy (non-hydrogen) atoms. The highest BCUT2D eigenvalue weighted by Crippen LogP contribution is 2.33. The molecule has 1 saturated heterocycles. The van der Waals surface area contributed by atoms with E-state index in [1.807, 2.05) is 55.4 Å². The number of nitrogens with one attached hydrogen (secondary N) is 1. The lowest BCUT2D eigenvalue weighted by Gasteiger charge is -2.36. The number of amides is 1. The molecule has 0 aliphatic carbocycles. The molecular formula is C24H28N6O3. The maximum Gasteiger partial charge on any atom is 0.278 e. The Bertz CT molecular complexity index is 1140. The highest BCUT2D eigenvalue weighted by Gasteiger charge is 2.22. The summed E-state index contributed by atoms with van der Waals surface area (Å²) < 4.78 is 0. The zero-order valence-electron chi connectivity index (χ0n) is 18.9. The van der Waals surface area contributed by atoms with E-state index in [1.165, 1.54) is 0 Å². The lowest BCUT2D eigenvalue weighted by molar-refractivity contribution is -0.383. The summed E-state index contributed by atoms with van der Waals surface area (Å²) in [5, 5.41) is 15.7. The van der Waals surface area contributed by atoms with Crippen molar-refractivity contribution < 1.29 is 9.72 Å². The van der Waals surface area contributed by atoms with Crippen LogP contribution in [0.4, 0.5) is 17.1 Å². The first kappa shape index (κ1) is 22.5. The summed E-state index contributed by atoms with van der Waals surface area (Å²) >= 11 is 0. The number of anilines is 2. The average molecular weight is 449 g/mol. The van der Waals surface area contributed by atoms with E-state index in [0.29, 0.717) is 18.5 Å². The average Bonchev–Trinajstić information content (AvgIpc) is 2.82. The molecule has 9 nitrogen and oxygen atoms in total. The van der Waals surface area contributed by atoms with Crippen molar-refractivity contribution in [3.05, 3.63) is 70.5 Å². The fraction of sp³-hybridized carbons (Fsp3) is 0.333. The Morgan fingerprint density at radius 1 is 1.06 bits per heavy atom. The minimum Gasteiger partial charge on any atom is -0.378 e. The van der Waals surface area contributed by atoms with Gasteiger partial charge in [0.25, 0.3) is 5.69 Å². The van der Waals surface area contributed by atoms with Crippen molar-refractivity contribution in [1.82, 2.24) is 15.2 Å². The van der Waals surface area contributed by atoms with Crippen molar-refractivity contribution >= 4 is 33.7 Å². The molecular weight excluding hydrogens is 420 g/mol. The summed E-state index contributed by atoms with van der Waals surface area (Å²) in [6.45, 7) is 3.84. The second-order valence-electron chi connectivity index (χ2n) is 8.38. The van der Waals surface area contributed by atoms with Gasteiger partial charge in [-0.3, -0.25) is 24.8 Å². The first-order valence-electron chi connectivity index (χ1n) is 10.9. The molecule has 3 aromatic rings. The van der Waals surface area contributed by atoms with Gasteiger partial charge >= 0.3 is 0 Å². The van der Waals surface area contributed by atoms with Crippen LogP contribution in [0.15, 0.2) is 54.9 Å². The summed E-state index contributed by atoms with van der Waals surface area (Å²) in [4.78, 5) is 33.9. The number of pyridine rings is 1. The summed E-state index contributed by atoms with van der Waals surface area (Å²) in [6.07, 6.45) is 3.20. The SMILES string of the molecule is CN(C)c1ccc(CNC(=O)CN2CCN(c3ccc([N+](=O)[O-])c4cnccc34)CC2)cc1. The van der Waals surface area contributed by atoms with Crippen LogP contribution < -0.4 is 15.1 Å². The lowest BCUT2D eigenvalue weighted by Crippen LogP contribution is -2.49. The van der Waals surface area contributed by atoms with E-state index in [0.717, 1.165) is 48.5 Å². The lowest BCUT2D eigenvalue weighted by atomic mass is 10.1. The van der Waals surface area contributed by atoms with Gasteiger partial charge in [0.15, 0.2) is 0 Å². The summed E-state index contributed by atoms with van der Waals surface area (Å²) in [5.41, 5.74) is 3.22. The minimum atomic E-state index is -0.374. The van der Waals surface area contributed by atoms with Crippen molar-refractivity contribution in [3.63, 3.8) is 0 Å². The van der Waals surface area contributed by atoms with Gasteiger partial charge in [-0.1, -0.05) is 12.1 Å². The molecule has 1 aromatic heterocycles. The number of fused-ring (bicyclic) bond motifs is 1. The third-order valence-corrected chi connectivity index (χ3v) is 5.99. The summed E-state index contributed by atoms with van der Waals surface area (Å²) in [6, 6.07) is 13.3. The maximum atomic E-state index is 12.4. The number of piperazine rings is 1. The van der Waals surface area contributed by atoms with Crippen molar-refractivity contribution in [1.29, 1.82) is 0 Å². The molecule has 0 spiro atoms. The second kappa shape index (κ2) is 9.83. The minimum absolute atomic E-state index is 0.00648. The van der Waals surface area contributed by atoms with Crippen LogP contribution >= 0.6 is 0 Å². The smallest absolute Gasteiger partial charge is 0.278 e. The Morgan fingerprint density at radius 3 is 2.45 bits per heavy atom. The predicted octanol–water partition coefficient (Wildman–Crippen LogP) is 2.65. The van der Waals surface area contributed by atoms with Gasteiger partial charge in [0, 0.05) is 82.0 Å². The van der Waals surface area contributed by atoms with Crippen molar-refractivity contribution in [3.8, 4) is 0 Å². The molecule has 2 aromatic carbocycles. The number of aromatic nitrogens is 1. The fourth-order valence-corrected chi connectivity index (χ4v) is 4.11. The topological polar surface area (TPSA) is 94.9 Å². The molecule has 0 unspecified atom stereocenters. The number of benzene rings is 2. The van der Waals surface area contributed by atoms with Crippen molar-refractivity contribution in [2.24, 2.45) is 0 Å². The molecule has 172 valence electrons. The number of carbonyl (C=O) groups is 1. The molecule has 1 amide bonds. The van der Waals surface area contributed by atoms with Crippen LogP contribution in [0.5, 0.6) is 0 Å². The van der Waals surface area contributed by atoms with E-state index >= 15 is 0 Å². The first-order chi connectivity index (χ1) is 15.9. The molecule has 1 aliphatic heterocycles. The number of non-ortho nitro benzene ring substituents is 1. The van der Waals surface area contributed by atoms with Crippen LogP contribution in [0, 0.1) is 10.1 Å². The number of nitrogens with zero attached hydrogens (tertiary/aromatic N) is 5. The monoisotopic (exact) mass is 448 g/mol. The van der Waals surface area contributed by atoms with Gasteiger partial charge in [0.1, 0.15) is 0 Å². The Labute approximate surface area is 192 Å². The largest absolute Gasteiger partial charge is 0.378 e. The number of nitro groups is 1. The van der Waals surface area contributed by atoms with Crippen LogP contribution in [0.25, 0.3) is 10.8 Å². The summed E-state index contributed by atoms with van der Waals surface area (Å²) in [7, 11) is 4.00. The molecule has 0 atom stereocenters. The van der Waals surface area contributed by atoms with Crippen LogP contribution in [0.2, 0.25) is 0 Å². The van der Waals surface area contributed by atoms with Crippen molar-refractivity contribution in [2.75, 3.05) is 56.6 Å². The highest BCUT2D eigenvalue weighted by molar-refractivity contribution is 5.99. The van der Waals surface area contributed by atoms with Gasteiger partial charge in [-0.05, 0) is 29.8 Å². The predicted molar refractivity (Wildman–Crippen MR) is 130 cm³/mol. The Hall–Kier alpha value is -3.72. The first-order valence-corrected chi connectivity index (χ1v) is 10.9. The number of hydrogen-bond donors (Lipinski definition) is 1. The quantitative estimate of drug-likeness (QED) is 0.439. The van der Waals surface area contributed by atoms with Gasteiger partial charge in [-0.25, -0.2) is 0 Å². The van der Waals surface area contributed by atoms with Crippen molar-refractivity contribution in [2.45, 2.75) is 6.54 Å². The van der Waals surface area contributed by atoms with Gasteiger partial charge in [0.05, 0.1) is 16.9 Å². The normalized spacial score (nSPS) is 14.3. The molecule has 0 bridgehead atoms. The Kier molecular flexibility index (Phi) is 6.69. The van der Waals surface area contributed by atoms with Gasteiger partial charge in [0.2, 0.25) is 5.91 Å². The third kappa shape index (κ3) is 5.20. The Morgan fingerprint density at radius 2 is 1.79 bits per heavy atom. The molecule has 1 fully saturated rings. The van der Waals surface area contributed by atoms with Crippen LogP contribution in [-0.2, 0) is 11.3 Å². The van der Waals surface area contributed by atoms with Crippen LogP contribution in [0.3, 0.4) is 0 Å². The van der Waals surface area contributed by atoms with Gasteiger partial charge in [-0.15, -0.1) is 0 Å². The van der Waals surface area contributed by atoms with Gasteiger partial charge < -0.3 is 15.1 Å². The molecule has 0 saturated carbocycles. The van der Waals surface area contributed by atoms with E-state index in [2.05, 4.69) is 20.1 Å². The summed E-state index contributed by atoms with van der Waals surface area (Å²) in [5.74, 6) is 0.00648. The Balaban J connectivity index is 1.31. The van der Waals surface area contributed by atoms with E-state index < -0.39 is 0 Å². The zero-order chi connectivity index (χ0) is 23.4. The number of rotatable bonds is 7. The molecule has 0 radical (unpaired) electrons. The molecule has 4 rings (SSSR count). The molecule has 1 aliphatic rings. The number of nitro benzene ring substituents is 1. The second-order valence-corrected chi connectivity index (χ2v) is 8.38. The van der Waals surface area contributed by atoms with E-state index in [-0.39, 0.29) is 16.5 Å². The standard InChI is InChI=1S/C24H28N6O3/c1-27(2)19-5-3-18(4-6-19)15-26-24(31)17-28-11-13-29(14-12-28)22-7-8-23(30(32)33)21-16-25-10-9-20(21)22/h3-10,16H,11-15,17H2,1-2H3,(H,26,31).